The first-order chi connectivity index (χ1) is 23.8. The minimum absolute atomic E-state index is 0.563. The van der Waals surface area contributed by atoms with E-state index >= 15 is 0 Å². The number of benzene rings is 7. The van der Waals surface area contributed by atoms with Gasteiger partial charge in [0, 0.05) is 38.1 Å². The lowest BCUT2D eigenvalue weighted by molar-refractivity contribution is 0.669. The van der Waals surface area contributed by atoms with Crippen molar-refractivity contribution in [3.63, 3.8) is 0 Å². The molecule has 222 valence electrons. The first-order valence-corrected chi connectivity index (χ1v) is 16.0. The number of rotatable bonds is 4. The van der Waals surface area contributed by atoms with Crippen molar-refractivity contribution in [3.05, 3.63) is 140 Å². The van der Waals surface area contributed by atoms with E-state index in [9.17, 15) is 0 Å². The maximum Gasteiger partial charge on any atom is 0.167 e. The molecule has 7 aromatic carbocycles. The van der Waals surface area contributed by atoms with Gasteiger partial charge in [-0.25, -0.2) is 15.0 Å². The summed E-state index contributed by atoms with van der Waals surface area (Å²) in [5, 5.41) is 6.64. The van der Waals surface area contributed by atoms with Crippen LogP contribution in [0.2, 0.25) is 0 Å². The highest BCUT2D eigenvalue weighted by molar-refractivity contribution is 6.38. The predicted octanol–water partition coefficient (Wildman–Crippen LogP) is 11.5. The average molecular weight is 614 g/mol. The van der Waals surface area contributed by atoms with Gasteiger partial charge in [0.25, 0.3) is 0 Å². The van der Waals surface area contributed by atoms with Crippen LogP contribution in [0.1, 0.15) is 0 Å². The van der Waals surface area contributed by atoms with E-state index in [0.717, 1.165) is 93.6 Å². The highest BCUT2D eigenvalue weighted by Crippen LogP contribution is 2.51. The van der Waals surface area contributed by atoms with Crippen LogP contribution in [0.3, 0.4) is 0 Å². The quantitative estimate of drug-likeness (QED) is 0.198. The summed E-state index contributed by atoms with van der Waals surface area (Å²) < 4.78 is 13.2. The zero-order chi connectivity index (χ0) is 31.3. The second-order valence-electron chi connectivity index (χ2n) is 12.3. The van der Waals surface area contributed by atoms with Crippen LogP contribution >= 0.6 is 0 Å². The predicted molar refractivity (Wildman–Crippen MR) is 193 cm³/mol. The fourth-order valence-electron chi connectivity index (χ4n) is 7.51. The summed E-state index contributed by atoms with van der Waals surface area (Å²) in [5.41, 5.74) is 10.6. The molecule has 0 atom stereocenters. The van der Waals surface area contributed by atoms with Gasteiger partial charge in [-0.1, -0.05) is 115 Å². The second kappa shape index (κ2) is 9.47. The van der Waals surface area contributed by atoms with Gasteiger partial charge in [-0.2, -0.15) is 0 Å². The van der Waals surface area contributed by atoms with E-state index in [1.807, 2.05) is 36.4 Å². The maximum absolute atomic E-state index is 6.80. The summed E-state index contributed by atoms with van der Waals surface area (Å²) in [7, 11) is 0. The van der Waals surface area contributed by atoms with Crippen molar-refractivity contribution in [2.24, 2.45) is 0 Å². The first kappa shape index (κ1) is 25.6. The van der Waals surface area contributed by atoms with Gasteiger partial charge in [0.15, 0.2) is 17.5 Å². The molecule has 0 fully saturated rings. The molecule has 0 spiro atoms. The highest BCUT2D eigenvalue weighted by atomic mass is 16.3. The van der Waals surface area contributed by atoms with Gasteiger partial charge < -0.3 is 8.83 Å². The Bertz CT molecular complexity index is 2920. The standard InChI is InChI=1S/C43H23N3O2/c1-3-9-24(10-4-1)25-17-19-27(20-18-25)42-44-41(26-11-5-2-6-12-26)45-43(46-42)31-23-28-21-22-34-38-35(28)39-37-30(14-8-16-33(37)48-40(31)39)29-13-7-15-32(47-34)36(29)38/h1-23H. The fourth-order valence-corrected chi connectivity index (χ4v) is 7.51. The monoisotopic (exact) mass is 613 g/mol. The molecule has 0 unspecified atom stereocenters. The molecular weight excluding hydrogens is 590 g/mol. The number of hydrogen-bond donors (Lipinski definition) is 0. The van der Waals surface area contributed by atoms with Crippen molar-refractivity contribution >= 4 is 54.6 Å². The van der Waals surface area contributed by atoms with Crippen LogP contribution in [-0.2, 0) is 0 Å². The van der Waals surface area contributed by atoms with Crippen molar-refractivity contribution in [1.29, 1.82) is 0 Å². The van der Waals surface area contributed by atoms with Crippen LogP contribution in [0, 0.1) is 0 Å². The van der Waals surface area contributed by atoms with Crippen molar-refractivity contribution < 1.29 is 8.83 Å². The van der Waals surface area contributed by atoms with Crippen molar-refractivity contribution in [2.45, 2.75) is 0 Å². The van der Waals surface area contributed by atoms with Gasteiger partial charge in [-0.15, -0.1) is 0 Å². The Morgan fingerprint density at radius 2 is 0.875 bits per heavy atom. The van der Waals surface area contributed by atoms with Crippen molar-refractivity contribution in [1.82, 2.24) is 15.0 Å². The summed E-state index contributed by atoms with van der Waals surface area (Å²) in [5.74, 6) is 1.77. The van der Waals surface area contributed by atoms with E-state index < -0.39 is 0 Å². The third kappa shape index (κ3) is 3.53. The summed E-state index contributed by atoms with van der Waals surface area (Å²) in [6, 6.07) is 47.8. The van der Waals surface area contributed by atoms with Crippen LogP contribution in [0.15, 0.2) is 148 Å². The van der Waals surface area contributed by atoms with E-state index in [1.165, 1.54) is 0 Å². The van der Waals surface area contributed by atoms with E-state index in [2.05, 4.69) is 103 Å². The minimum Gasteiger partial charge on any atom is -0.456 e. The third-order valence-corrected chi connectivity index (χ3v) is 9.65. The Balaban J connectivity index is 1.21. The summed E-state index contributed by atoms with van der Waals surface area (Å²) in [6.07, 6.45) is 0. The number of nitrogens with zero attached hydrogens (tertiary/aromatic N) is 3. The molecule has 1 aliphatic rings. The smallest absolute Gasteiger partial charge is 0.167 e. The van der Waals surface area contributed by atoms with Gasteiger partial charge in [0.05, 0.1) is 5.56 Å². The number of hydrogen-bond acceptors (Lipinski definition) is 5. The van der Waals surface area contributed by atoms with Crippen LogP contribution in [0.5, 0.6) is 0 Å². The molecule has 0 N–H and O–H groups in total. The molecule has 0 radical (unpaired) electrons. The Labute approximate surface area is 273 Å². The lowest BCUT2D eigenvalue weighted by Gasteiger charge is -2.11. The van der Waals surface area contributed by atoms with Crippen LogP contribution < -0.4 is 0 Å². The maximum atomic E-state index is 6.80. The van der Waals surface area contributed by atoms with Crippen LogP contribution in [0.4, 0.5) is 0 Å². The Hall–Kier alpha value is -6.59. The molecule has 11 rings (SSSR count). The molecule has 48 heavy (non-hydrogen) atoms. The number of aromatic nitrogens is 3. The summed E-state index contributed by atoms with van der Waals surface area (Å²) in [6.45, 7) is 0. The molecule has 0 saturated carbocycles. The van der Waals surface area contributed by atoms with E-state index in [-0.39, 0.29) is 0 Å². The van der Waals surface area contributed by atoms with Crippen LogP contribution in [-0.4, -0.2) is 15.0 Å². The topological polar surface area (TPSA) is 65.0 Å². The molecule has 3 aromatic heterocycles. The molecule has 1 aliphatic carbocycles. The van der Waals surface area contributed by atoms with E-state index in [4.69, 9.17) is 23.8 Å². The number of furan rings is 2. The molecule has 5 heteroatoms. The zero-order valence-electron chi connectivity index (χ0n) is 25.4. The molecule has 10 aromatic rings. The van der Waals surface area contributed by atoms with Crippen molar-refractivity contribution in [3.8, 4) is 56.4 Å². The van der Waals surface area contributed by atoms with Gasteiger partial charge >= 0.3 is 0 Å². The molecule has 3 heterocycles. The SMILES string of the molecule is c1ccc(-c2ccc(-c3nc(-c4ccccc4)nc(-c4cc5ccc6oc7cccc8c7c6c5c5c4oc4cccc-8c45)n3)cc2)cc1. The highest BCUT2D eigenvalue weighted by Gasteiger charge is 2.27. The van der Waals surface area contributed by atoms with E-state index in [1.54, 1.807) is 0 Å². The molecule has 5 nitrogen and oxygen atoms in total. The second-order valence-corrected chi connectivity index (χ2v) is 12.3. The average Bonchev–Trinajstić information content (AvgIpc) is 3.70. The van der Waals surface area contributed by atoms with Gasteiger partial charge in [-0.05, 0) is 51.9 Å². The van der Waals surface area contributed by atoms with E-state index in [0.29, 0.717) is 17.5 Å². The van der Waals surface area contributed by atoms with Gasteiger partial charge in [0.2, 0.25) is 0 Å². The first-order valence-electron chi connectivity index (χ1n) is 16.0. The molecule has 0 aliphatic heterocycles. The third-order valence-electron chi connectivity index (χ3n) is 9.65. The Kier molecular flexibility index (Phi) is 5.05. The normalized spacial score (nSPS) is 12.2. The molecule has 0 bridgehead atoms. The number of fused-ring (bicyclic) bond motifs is 1. The van der Waals surface area contributed by atoms with Gasteiger partial charge in [0.1, 0.15) is 22.3 Å². The fraction of sp³-hybridized carbons (Fsp3) is 0. The van der Waals surface area contributed by atoms with Crippen molar-refractivity contribution in [2.75, 3.05) is 0 Å². The molecule has 0 saturated heterocycles. The summed E-state index contributed by atoms with van der Waals surface area (Å²) >= 11 is 0. The zero-order valence-corrected chi connectivity index (χ0v) is 25.4. The molecular formula is C43H23N3O2. The van der Waals surface area contributed by atoms with Crippen LogP contribution in [0.25, 0.3) is 111 Å². The Morgan fingerprint density at radius 1 is 0.333 bits per heavy atom. The summed E-state index contributed by atoms with van der Waals surface area (Å²) in [4.78, 5) is 15.3. The largest absolute Gasteiger partial charge is 0.456 e. The lowest BCUT2D eigenvalue weighted by Crippen LogP contribution is -2.00. The van der Waals surface area contributed by atoms with Gasteiger partial charge in [-0.3, -0.25) is 0 Å². The lowest BCUT2D eigenvalue weighted by atomic mass is 9.97. The minimum atomic E-state index is 0.563. The molecule has 0 amide bonds. The Morgan fingerprint density at radius 3 is 1.58 bits per heavy atom.